The third-order valence-electron chi connectivity index (χ3n) is 6.05. The number of nitrogens with zero attached hydrogens (tertiary/aromatic N) is 2. The van der Waals surface area contributed by atoms with Crippen molar-refractivity contribution in [1.82, 2.24) is 4.57 Å². The minimum atomic E-state index is -4.02. The van der Waals surface area contributed by atoms with Crippen LogP contribution in [0.5, 0.6) is 0 Å². The molecule has 0 amide bonds. The number of aryl methyl sites for hydroxylation is 2. The Morgan fingerprint density at radius 1 is 1.03 bits per heavy atom. The van der Waals surface area contributed by atoms with E-state index in [1.54, 1.807) is 29.8 Å². The molecule has 1 aliphatic heterocycles. The molecule has 2 atom stereocenters. The Balaban J connectivity index is 1.86. The molecule has 4 rings (SSSR count). The van der Waals surface area contributed by atoms with E-state index in [0.717, 1.165) is 25.1 Å². The summed E-state index contributed by atoms with van der Waals surface area (Å²) in [6, 6.07) is 9.19. The summed E-state index contributed by atoms with van der Waals surface area (Å²) in [6.07, 6.45) is 2.44. The van der Waals surface area contributed by atoms with Crippen LogP contribution in [0.4, 0.5) is 10.1 Å². The molecule has 0 saturated carbocycles. The second-order valence-electron chi connectivity index (χ2n) is 8.92. The van der Waals surface area contributed by atoms with Gasteiger partial charge < -0.3 is 9.47 Å². The second kappa shape index (κ2) is 7.79. The number of aromatic nitrogens is 1. The molecular weight excluding hydrogens is 415 g/mol. The van der Waals surface area contributed by atoms with Gasteiger partial charge in [0.15, 0.2) is 0 Å². The first kappa shape index (κ1) is 21.6. The minimum Gasteiger partial charge on any atom is -0.369 e. The molecule has 2 heterocycles. The summed E-state index contributed by atoms with van der Waals surface area (Å²) in [4.78, 5) is 14.9. The van der Waals surface area contributed by atoms with Crippen LogP contribution in [-0.4, -0.2) is 26.1 Å². The summed E-state index contributed by atoms with van der Waals surface area (Å²) in [5, 5.41) is 0.0649. The summed E-state index contributed by atoms with van der Waals surface area (Å²) in [5.41, 5.74) is 1.20. The van der Waals surface area contributed by atoms with E-state index < -0.39 is 21.1 Å². The summed E-state index contributed by atoms with van der Waals surface area (Å²) in [6.45, 7) is 7.66. The van der Waals surface area contributed by atoms with E-state index in [-0.39, 0.29) is 15.2 Å². The molecule has 0 unspecified atom stereocenters. The van der Waals surface area contributed by atoms with Crippen molar-refractivity contribution in [3.63, 3.8) is 0 Å². The first-order valence-electron chi connectivity index (χ1n) is 10.5. The van der Waals surface area contributed by atoms with E-state index >= 15 is 4.39 Å². The van der Waals surface area contributed by atoms with Gasteiger partial charge in [-0.25, -0.2) is 12.8 Å². The smallest absolute Gasteiger partial charge is 0.211 e. The predicted octanol–water partition coefficient (Wildman–Crippen LogP) is 4.30. The molecule has 164 valence electrons. The first-order valence-corrected chi connectivity index (χ1v) is 12.0. The Morgan fingerprint density at radius 3 is 2.26 bits per heavy atom. The van der Waals surface area contributed by atoms with Crippen LogP contribution in [0.2, 0.25) is 0 Å². The Hall–Kier alpha value is -2.67. The van der Waals surface area contributed by atoms with Gasteiger partial charge in [0.25, 0.3) is 0 Å². The summed E-state index contributed by atoms with van der Waals surface area (Å²) in [5.74, 6) is 0.394. The summed E-state index contributed by atoms with van der Waals surface area (Å²) in [7, 11) is -2.34. The molecule has 1 aliphatic rings. The van der Waals surface area contributed by atoms with Crippen LogP contribution < -0.4 is 10.3 Å². The number of halogens is 1. The van der Waals surface area contributed by atoms with Crippen molar-refractivity contribution in [2.45, 2.75) is 37.0 Å². The molecule has 0 spiro atoms. The van der Waals surface area contributed by atoms with E-state index in [0.29, 0.717) is 23.0 Å². The molecule has 5 nitrogen and oxygen atoms in total. The number of rotatable bonds is 3. The van der Waals surface area contributed by atoms with Crippen LogP contribution in [-0.2, 0) is 16.9 Å². The van der Waals surface area contributed by atoms with Crippen LogP contribution >= 0.6 is 0 Å². The molecule has 1 aromatic heterocycles. The largest absolute Gasteiger partial charge is 0.369 e. The average molecular weight is 443 g/mol. The van der Waals surface area contributed by atoms with Crippen molar-refractivity contribution in [1.29, 1.82) is 0 Å². The molecule has 0 bridgehead atoms. The summed E-state index contributed by atoms with van der Waals surface area (Å²) >= 11 is 0. The number of pyridine rings is 1. The van der Waals surface area contributed by atoms with Crippen LogP contribution in [0.15, 0.2) is 57.2 Å². The third kappa shape index (κ3) is 3.87. The van der Waals surface area contributed by atoms with Gasteiger partial charge in [-0.05, 0) is 49.4 Å². The minimum absolute atomic E-state index is 0.0444. The van der Waals surface area contributed by atoms with E-state index in [1.165, 1.54) is 24.4 Å². The fraction of sp³-hybridized carbons (Fsp3) is 0.375. The zero-order valence-corrected chi connectivity index (χ0v) is 19.0. The van der Waals surface area contributed by atoms with Crippen LogP contribution in [0.25, 0.3) is 10.9 Å². The average Bonchev–Trinajstić information content (AvgIpc) is 2.69. The number of anilines is 1. The fourth-order valence-electron chi connectivity index (χ4n) is 4.60. The lowest BCUT2D eigenvalue weighted by Crippen LogP contribution is -2.39. The summed E-state index contributed by atoms with van der Waals surface area (Å²) < 4.78 is 43.0. The standard InChI is InChI=1S/C24H27FN2O3S/c1-15-5-7-18(8-6-15)31(29,30)23-14-26(4)21-11-22(20(25)10-19(21)24(23)28)27-12-16(2)9-17(3)13-27/h5-8,10-11,14,16-17H,9,12-13H2,1-4H3/t16-,17-/m0/s1. The van der Waals surface area contributed by atoms with Crippen molar-refractivity contribution in [3.05, 3.63) is 64.2 Å². The Labute approximate surface area is 182 Å². The van der Waals surface area contributed by atoms with Gasteiger partial charge in [0.2, 0.25) is 15.3 Å². The number of hydrogen-bond donors (Lipinski definition) is 0. The highest BCUT2D eigenvalue weighted by Gasteiger charge is 2.27. The molecule has 7 heteroatoms. The molecule has 3 aromatic rings. The van der Waals surface area contributed by atoms with Crippen LogP contribution in [0.1, 0.15) is 25.8 Å². The SMILES string of the molecule is Cc1ccc(S(=O)(=O)c2cn(C)c3cc(N4C[C@@H](C)C[C@H](C)C4)c(F)cc3c2=O)cc1. The Bertz CT molecular complexity index is 1300. The van der Waals surface area contributed by atoms with Gasteiger partial charge >= 0.3 is 0 Å². The number of benzene rings is 2. The molecule has 1 saturated heterocycles. The van der Waals surface area contributed by atoms with Crippen molar-refractivity contribution in [3.8, 4) is 0 Å². The maximum absolute atomic E-state index is 15.1. The molecule has 0 N–H and O–H groups in total. The van der Waals surface area contributed by atoms with Crippen molar-refractivity contribution in [2.75, 3.05) is 18.0 Å². The normalized spacial score (nSPS) is 19.7. The second-order valence-corrected chi connectivity index (χ2v) is 10.8. The molecule has 1 fully saturated rings. The van der Waals surface area contributed by atoms with E-state index in [4.69, 9.17) is 0 Å². The van der Waals surface area contributed by atoms with Crippen LogP contribution in [0.3, 0.4) is 0 Å². The zero-order chi connectivity index (χ0) is 22.5. The van der Waals surface area contributed by atoms with Crippen molar-refractivity contribution < 1.29 is 12.8 Å². The number of hydrogen-bond acceptors (Lipinski definition) is 4. The monoisotopic (exact) mass is 442 g/mol. The molecule has 0 aliphatic carbocycles. The third-order valence-corrected chi connectivity index (χ3v) is 7.82. The quantitative estimate of drug-likeness (QED) is 0.607. The highest BCUT2D eigenvalue weighted by molar-refractivity contribution is 7.91. The fourth-order valence-corrected chi connectivity index (χ4v) is 6.00. The lowest BCUT2D eigenvalue weighted by atomic mass is 9.91. The van der Waals surface area contributed by atoms with Gasteiger partial charge in [-0.2, -0.15) is 0 Å². The van der Waals surface area contributed by atoms with Crippen LogP contribution in [0, 0.1) is 24.6 Å². The van der Waals surface area contributed by atoms with Gasteiger partial charge in [0.1, 0.15) is 10.7 Å². The molecule has 2 aromatic carbocycles. The van der Waals surface area contributed by atoms with Crippen molar-refractivity contribution in [2.24, 2.45) is 18.9 Å². The van der Waals surface area contributed by atoms with Crippen molar-refractivity contribution >= 4 is 26.4 Å². The first-order chi connectivity index (χ1) is 14.6. The Morgan fingerprint density at radius 2 is 1.65 bits per heavy atom. The molecule has 31 heavy (non-hydrogen) atoms. The van der Waals surface area contributed by atoms with Gasteiger partial charge in [-0.1, -0.05) is 31.5 Å². The highest BCUT2D eigenvalue weighted by Crippen LogP contribution is 2.31. The number of piperidine rings is 1. The van der Waals surface area contributed by atoms with E-state index in [1.807, 2.05) is 11.8 Å². The number of fused-ring (bicyclic) bond motifs is 1. The lowest BCUT2D eigenvalue weighted by Gasteiger charge is -2.36. The maximum atomic E-state index is 15.1. The topological polar surface area (TPSA) is 59.4 Å². The maximum Gasteiger partial charge on any atom is 0.211 e. The number of sulfone groups is 1. The van der Waals surface area contributed by atoms with Gasteiger partial charge in [0, 0.05) is 26.3 Å². The zero-order valence-electron chi connectivity index (χ0n) is 18.2. The van der Waals surface area contributed by atoms with Gasteiger partial charge in [-0.15, -0.1) is 0 Å². The molecule has 0 radical (unpaired) electrons. The predicted molar refractivity (Wildman–Crippen MR) is 121 cm³/mol. The molecular formula is C24H27FN2O3S. The van der Waals surface area contributed by atoms with Gasteiger partial charge in [0.05, 0.1) is 21.5 Å². The Kier molecular flexibility index (Phi) is 5.41. The lowest BCUT2D eigenvalue weighted by molar-refractivity contribution is 0.354. The van der Waals surface area contributed by atoms with Gasteiger partial charge in [-0.3, -0.25) is 4.79 Å². The van der Waals surface area contributed by atoms with E-state index in [9.17, 15) is 13.2 Å². The van der Waals surface area contributed by atoms with E-state index in [2.05, 4.69) is 13.8 Å². The highest BCUT2D eigenvalue weighted by atomic mass is 32.2.